The van der Waals surface area contributed by atoms with Crippen LogP contribution in [0.3, 0.4) is 0 Å². The Balaban J connectivity index is 1.91. The highest BCUT2D eigenvalue weighted by Gasteiger charge is 2.05. The maximum Gasteiger partial charge on any atom is 0.186 e. The van der Waals surface area contributed by atoms with Crippen LogP contribution in [0, 0.1) is 0 Å². The Morgan fingerprint density at radius 2 is 1.58 bits per heavy atom. The Labute approximate surface area is 143 Å². The van der Waals surface area contributed by atoms with Gasteiger partial charge in [0.2, 0.25) is 0 Å². The number of rotatable bonds is 10. The number of hydrogen-bond donors (Lipinski definition) is 2. The first-order chi connectivity index (χ1) is 11.8. The molecule has 2 rings (SSSR count). The molecule has 2 N–H and O–H groups in total. The lowest BCUT2D eigenvalue weighted by molar-refractivity contribution is 0.0958. The van der Waals surface area contributed by atoms with Crippen LogP contribution in [0.5, 0.6) is 11.5 Å². The SMILES string of the molecule is CCCCOc1ccc(CCc2ccc(CO)c(OCO)c2)cc1. The predicted molar refractivity (Wildman–Crippen MR) is 94.3 cm³/mol. The van der Waals surface area contributed by atoms with Crippen LogP contribution in [-0.2, 0) is 19.4 Å². The number of hydrogen-bond acceptors (Lipinski definition) is 4. The Bertz CT molecular complexity index is 608. The molecule has 0 saturated heterocycles. The van der Waals surface area contributed by atoms with Crippen molar-refractivity contribution >= 4 is 0 Å². The van der Waals surface area contributed by atoms with Crippen LogP contribution in [0.2, 0.25) is 0 Å². The molecule has 4 nitrogen and oxygen atoms in total. The van der Waals surface area contributed by atoms with E-state index in [1.807, 2.05) is 30.3 Å². The molecular weight excluding hydrogens is 304 g/mol. The fourth-order valence-corrected chi connectivity index (χ4v) is 2.46. The van der Waals surface area contributed by atoms with Crippen molar-refractivity contribution in [3.05, 3.63) is 59.2 Å². The molecule has 0 radical (unpaired) electrons. The molecule has 0 spiro atoms. The van der Waals surface area contributed by atoms with Gasteiger partial charge in [-0.3, -0.25) is 0 Å². The third kappa shape index (κ3) is 5.55. The van der Waals surface area contributed by atoms with Gasteiger partial charge in [0.15, 0.2) is 6.79 Å². The third-order valence-electron chi connectivity index (χ3n) is 3.91. The molecule has 0 aliphatic carbocycles. The van der Waals surface area contributed by atoms with Crippen molar-refractivity contribution in [2.75, 3.05) is 13.4 Å². The number of aliphatic hydroxyl groups excluding tert-OH is 2. The van der Waals surface area contributed by atoms with Gasteiger partial charge in [-0.2, -0.15) is 0 Å². The van der Waals surface area contributed by atoms with Gasteiger partial charge in [-0.15, -0.1) is 0 Å². The largest absolute Gasteiger partial charge is 0.494 e. The minimum absolute atomic E-state index is 0.102. The highest BCUT2D eigenvalue weighted by Crippen LogP contribution is 2.22. The quantitative estimate of drug-likeness (QED) is 0.517. The first kappa shape index (κ1) is 18.3. The zero-order chi connectivity index (χ0) is 17.2. The minimum atomic E-state index is -0.393. The maximum atomic E-state index is 9.27. The summed E-state index contributed by atoms with van der Waals surface area (Å²) in [5.74, 6) is 1.45. The fraction of sp³-hybridized carbons (Fsp3) is 0.400. The van der Waals surface area contributed by atoms with Gasteiger partial charge >= 0.3 is 0 Å². The zero-order valence-electron chi connectivity index (χ0n) is 14.2. The van der Waals surface area contributed by atoms with Gasteiger partial charge in [0, 0.05) is 5.56 Å². The molecule has 0 aromatic heterocycles. The summed E-state index contributed by atoms with van der Waals surface area (Å²) >= 11 is 0. The van der Waals surface area contributed by atoms with Crippen LogP contribution in [0.15, 0.2) is 42.5 Å². The lowest BCUT2D eigenvalue weighted by Gasteiger charge is -2.10. The van der Waals surface area contributed by atoms with Crippen molar-refractivity contribution in [3.8, 4) is 11.5 Å². The summed E-state index contributed by atoms with van der Waals surface area (Å²) in [6.07, 6.45) is 3.98. The molecular formula is C20H26O4. The summed E-state index contributed by atoms with van der Waals surface area (Å²) < 4.78 is 10.8. The molecule has 4 heteroatoms. The van der Waals surface area contributed by atoms with Crippen molar-refractivity contribution in [2.45, 2.75) is 39.2 Å². The highest BCUT2D eigenvalue weighted by molar-refractivity contribution is 5.38. The standard InChI is InChI=1S/C20H26O4/c1-2-3-12-23-19-10-7-16(8-11-19)4-5-17-6-9-18(14-21)20(13-17)24-15-22/h6-11,13,21-22H,2-5,12,14-15H2,1H3. The van der Waals surface area contributed by atoms with Crippen LogP contribution >= 0.6 is 0 Å². The van der Waals surface area contributed by atoms with Crippen molar-refractivity contribution in [1.82, 2.24) is 0 Å². The number of aryl methyl sites for hydroxylation is 2. The van der Waals surface area contributed by atoms with Crippen molar-refractivity contribution in [2.24, 2.45) is 0 Å². The molecule has 0 saturated carbocycles. The van der Waals surface area contributed by atoms with Gasteiger partial charge in [-0.1, -0.05) is 37.6 Å². The summed E-state index contributed by atoms with van der Waals surface area (Å²) in [6.45, 7) is 2.42. The average Bonchev–Trinajstić information content (AvgIpc) is 2.62. The lowest BCUT2D eigenvalue weighted by Crippen LogP contribution is -2.01. The van der Waals surface area contributed by atoms with Gasteiger partial charge in [-0.05, 0) is 48.6 Å². The summed E-state index contributed by atoms with van der Waals surface area (Å²) in [4.78, 5) is 0. The monoisotopic (exact) mass is 330 g/mol. The molecule has 0 bridgehead atoms. The molecule has 130 valence electrons. The molecule has 0 fully saturated rings. The zero-order valence-corrected chi connectivity index (χ0v) is 14.2. The fourth-order valence-electron chi connectivity index (χ4n) is 2.46. The average molecular weight is 330 g/mol. The molecule has 0 amide bonds. The van der Waals surface area contributed by atoms with E-state index in [2.05, 4.69) is 19.1 Å². The third-order valence-corrected chi connectivity index (χ3v) is 3.91. The number of unbranched alkanes of at least 4 members (excludes halogenated alkanes) is 1. The van der Waals surface area contributed by atoms with Gasteiger partial charge in [0.25, 0.3) is 0 Å². The Morgan fingerprint density at radius 3 is 2.25 bits per heavy atom. The molecule has 2 aromatic carbocycles. The van der Waals surface area contributed by atoms with Crippen LogP contribution in [0.4, 0.5) is 0 Å². The Hall–Kier alpha value is -2.04. The molecule has 0 aliphatic heterocycles. The van der Waals surface area contributed by atoms with E-state index >= 15 is 0 Å². The Morgan fingerprint density at radius 1 is 0.875 bits per heavy atom. The highest BCUT2D eigenvalue weighted by atomic mass is 16.6. The van der Waals surface area contributed by atoms with Gasteiger partial charge in [0.1, 0.15) is 11.5 Å². The first-order valence-electron chi connectivity index (χ1n) is 8.45. The first-order valence-corrected chi connectivity index (χ1v) is 8.45. The second-order valence-electron chi connectivity index (χ2n) is 5.72. The van der Waals surface area contributed by atoms with E-state index < -0.39 is 6.79 Å². The van der Waals surface area contributed by atoms with Crippen molar-refractivity contribution < 1.29 is 19.7 Å². The summed E-state index contributed by atoms with van der Waals surface area (Å²) in [5, 5.41) is 18.2. The minimum Gasteiger partial charge on any atom is -0.494 e. The van der Waals surface area contributed by atoms with E-state index in [1.54, 1.807) is 0 Å². The van der Waals surface area contributed by atoms with E-state index in [4.69, 9.17) is 14.6 Å². The molecule has 2 aromatic rings. The van der Waals surface area contributed by atoms with Crippen molar-refractivity contribution in [1.29, 1.82) is 0 Å². The van der Waals surface area contributed by atoms with Gasteiger partial charge < -0.3 is 19.7 Å². The second-order valence-corrected chi connectivity index (χ2v) is 5.72. The number of ether oxygens (including phenoxy) is 2. The predicted octanol–water partition coefficient (Wildman–Crippen LogP) is 3.47. The topological polar surface area (TPSA) is 58.9 Å². The van der Waals surface area contributed by atoms with Crippen LogP contribution in [0.1, 0.15) is 36.5 Å². The molecule has 24 heavy (non-hydrogen) atoms. The summed E-state index contributed by atoms with van der Waals surface area (Å²) in [5.41, 5.74) is 3.04. The number of aliphatic hydroxyl groups is 2. The Kier molecular flexibility index (Phi) is 7.59. The maximum absolute atomic E-state index is 9.27. The van der Waals surface area contributed by atoms with Gasteiger partial charge in [-0.25, -0.2) is 0 Å². The normalized spacial score (nSPS) is 10.6. The second kappa shape index (κ2) is 9.96. The molecule has 0 heterocycles. The molecule has 0 atom stereocenters. The lowest BCUT2D eigenvalue weighted by atomic mass is 10.0. The van der Waals surface area contributed by atoms with Crippen LogP contribution in [-0.4, -0.2) is 23.6 Å². The van der Waals surface area contributed by atoms with E-state index in [0.717, 1.165) is 43.6 Å². The van der Waals surface area contributed by atoms with Crippen molar-refractivity contribution in [3.63, 3.8) is 0 Å². The smallest absolute Gasteiger partial charge is 0.186 e. The molecule has 0 unspecified atom stereocenters. The summed E-state index contributed by atoms with van der Waals surface area (Å²) in [7, 11) is 0. The van der Waals surface area contributed by atoms with E-state index in [-0.39, 0.29) is 6.61 Å². The van der Waals surface area contributed by atoms with Crippen LogP contribution in [0.25, 0.3) is 0 Å². The van der Waals surface area contributed by atoms with Crippen LogP contribution < -0.4 is 9.47 Å². The van der Waals surface area contributed by atoms with Gasteiger partial charge in [0.05, 0.1) is 13.2 Å². The van der Waals surface area contributed by atoms with E-state index in [1.165, 1.54) is 5.56 Å². The summed E-state index contributed by atoms with van der Waals surface area (Å²) in [6, 6.07) is 13.9. The molecule has 0 aliphatic rings. The number of benzene rings is 2. The van der Waals surface area contributed by atoms with E-state index in [9.17, 15) is 5.11 Å². The van der Waals surface area contributed by atoms with E-state index in [0.29, 0.717) is 11.3 Å².